The zero-order chi connectivity index (χ0) is 10.8. The summed E-state index contributed by atoms with van der Waals surface area (Å²) in [6.07, 6.45) is 2.74. The molecule has 2 aromatic rings. The number of aryl methyl sites for hydroxylation is 2. The molecule has 0 radical (unpaired) electrons. The van der Waals surface area contributed by atoms with Crippen molar-refractivity contribution in [1.82, 2.24) is 14.5 Å². The SMILES string of the molecule is Cc1nc2cc(Br)cnc2n1CCCN. The molecular weight excluding hydrogens is 256 g/mol. The maximum Gasteiger partial charge on any atom is 0.160 e. The fourth-order valence-corrected chi connectivity index (χ4v) is 1.94. The molecule has 2 N–H and O–H groups in total. The first-order valence-electron chi connectivity index (χ1n) is 4.91. The van der Waals surface area contributed by atoms with Gasteiger partial charge in [0.1, 0.15) is 11.3 Å². The third-order valence-corrected chi connectivity index (χ3v) is 2.76. The van der Waals surface area contributed by atoms with Crippen molar-refractivity contribution in [3.63, 3.8) is 0 Å². The molecule has 0 unspecified atom stereocenters. The van der Waals surface area contributed by atoms with Crippen molar-refractivity contribution in [2.45, 2.75) is 19.9 Å². The molecule has 2 rings (SSSR count). The van der Waals surface area contributed by atoms with Crippen molar-refractivity contribution in [1.29, 1.82) is 0 Å². The van der Waals surface area contributed by atoms with Gasteiger partial charge in [0.2, 0.25) is 0 Å². The summed E-state index contributed by atoms with van der Waals surface area (Å²) < 4.78 is 3.06. The Bertz CT molecular complexity index is 477. The fourth-order valence-electron chi connectivity index (χ4n) is 1.62. The standard InChI is InChI=1S/C10H13BrN4/c1-7-14-9-5-8(11)6-13-10(9)15(7)4-2-3-12/h5-6H,2-4,12H2,1H3. The van der Waals surface area contributed by atoms with Crippen LogP contribution in [0.2, 0.25) is 0 Å². The lowest BCUT2D eigenvalue weighted by Gasteiger charge is -2.03. The summed E-state index contributed by atoms with van der Waals surface area (Å²) in [6, 6.07) is 1.98. The number of fused-ring (bicyclic) bond motifs is 1. The number of pyridine rings is 1. The highest BCUT2D eigenvalue weighted by atomic mass is 79.9. The van der Waals surface area contributed by atoms with E-state index in [2.05, 4.69) is 30.5 Å². The normalized spacial score (nSPS) is 11.1. The van der Waals surface area contributed by atoms with Crippen molar-refractivity contribution < 1.29 is 0 Å². The van der Waals surface area contributed by atoms with Crippen LogP contribution in [0.15, 0.2) is 16.7 Å². The van der Waals surface area contributed by atoms with Gasteiger partial charge in [0, 0.05) is 17.2 Å². The lowest BCUT2D eigenvalue weighted by molar-refractivity contribution is 0.644. The van der Waals surface area contributed by atoms with Gasteiger partial charge in [-0.05, 0) is 41.9 Å². The minimum atomic E-state index is 0.690. The molecule has 0 aliphatic rings. The van der Waals surface area contributed by atoms with Crippen molar-refractivity contribution in [3.05, 3.63) is 22.6 Å². The van der Waals surface area contributed by atoms with Gasteiger partial charge in [-0.3, -0.25) is 0 Å². The highest BCUT2D eigenvalue weighted by Gasteiger charge is 2.07. The fraction of sp³-hybridized carbons (Fsp3) is 0.400. The molecule has 0 spiro atoms. The predicted octanol–water partition coefficient (Wildman–Crippen LogP) is 1.85. The van der Waals surface area contributed by atoms with Crippen LogP contribution in [0.3, 0.4) is 0 Å². The van der Waals surface area contributed by atoms with Crippen molar-refractivity contribution in [2.24, 2.45) is 5.73 Å². The number of rotatable bonds is 3. The van der Waals surface area contributed by atoms with Gasteiger partial charge in [-0.1, -0.05) is 0 Å². The Kier molecular flexibility index (Phi) is 3.02. The number of nitrogens with two attached hydrogens (primary N) is 1. The average molecular weight is 269 g/mol. The van der Waals surface area contributed by atoms with E-state index in [0.717, 1.165) is 34.4 Å². The molecule has 15 heavy (non-hydrogen) atoms. The summed E-state index contributed by atoms with van der Waals surface area (Å²) in [5.41, 5.74) is 7.37. The van der Waals surface area contributed by atoms with Gasteiger partial charge in [0.25, 0.3) is 0 Å². The van der Waals surface area contributed by atoms with Gasteiger partial charge in [-0.2, -0.15) is 0 Å². The van der Waals surface area contributed by atoms with Crippen LogP contribution >= 0.6 is 15.9 Å². The van der Waals surface area contributed by atoms with E-state index in [9.17, 15) is 0 Å². The van der Waals surface area contributed by atoms with Crippen LogP contribution in [0, 0.1) is 6.92 Å². The summed E-state index contributed by atoms with van der Waals surface area (Å²) in [5.74, 6) is 0.990. The van der Waals surface area contributed by atoms with E-state index in [1.54, 1.807) is 6.20 Å². The number of aromatic nitrogens is 3. The van der Waals surface area contributed by atoms with E-state index < -0.39 is 0 Å². The first-order chi connectivity index (χ1) is 7.22. The Morgan fingerprint density at radius 1 is 1.53 bits per heavy atom. The van der Waals surface area contributed by atoms with Gasteiger partial charge >= 0.3 is 0 Å². The topological polar surface area (TPSA) is 56.7 Å². The lowest BCUT2D eigenvalue weighted by Crippen LogP contribution is -2.07. The third-order valence-electron chi connectivity index (χ3n) is 2.33. The average Bonchev–Trinajstić information content (AvgIpc) is 2.50. The molecule has 0 amide bonds. The van der Waals surface area contributed by atoms with E-state index >= 15 is 0 Å². The number of hydrogen-bond donors (Lipinski definition) is 1. The Morgan fingerprint density at radius 2 is 2.33 bits per heavy atom. The van der Waals surface area contributed by atoms with Crippen LogP contribution in [0.5, 0.6) is 0 Å². The zero-order valence-corrected chi connectivity index (χ0v) is 10.2. The van der Waals surface area contributed by atoms with E-state index in [4.69, 9.17) is 5.73 Å². The maximum absolute atomic E-state index is 5.50. The molecule has 5 heteroatoms. The minimum absolute atomic E-state index is 0.690. The van der Waals surface area contributed by atoms with Crippen LogP contribution in [-0.2, 0) is 6.54 Å². The first kappa shape index (κ1) is 10.6. The molecule has 0 aliphatic heterocycles. The Morgan fingerprint density at radius 3 is 3.07 bits per heavy atom. The summed E-state index contributed by atoms with van der Waals surface area (Å²) in [5, 5.41) is 0. The minimum Gasteiger partial charge on any atom is -0.330 e. The number of imidazole rings is 1. The third kappa shape index (κ3) is 2.03. The quantitative estimate of drug-likeness (QED) is 0.925. The van der Waals surface area contributed by atoms with Crippen LogP contribution in [-0.4, -0.2) is 21.1 Å². The van der Waals surface area contributed by atoms with Crippen LogP contribution in [0.25, 0.3) is 11.2 Å². The molecule has 80 valence electrons. The second-order valence-corrected chi connectivity index (χ2v) is 4.36. The molecule has 2 aromatic heterocycles. The molecule has 0 atom stereocenters. The Labute approximate surface area is 96.6 Å². The van der Waals surface area contributed by atoms with Crippen LogP contribution < -0.4 is 5.73 Å². The van der Waals surface area contributed by atoms with Gasteiger partial charge < -0.3 is 10.3 Å². The Balaban J connectivity index is 2.48. The lowest BCUT2D eigenvalue weighted by atomic mass is 10.4. The number of nitrogens with zero attached hydrogens (tertiary/aromatic N) is 3. The van der Waals surface area contributed by atoms with Crippen molar-refractivity contribution >= 4 is 27.1 Å². The Hall–Kier alpha value is -0.940. The zero-order valence-electron chi connectivity index (χ0n) is 8.57. The summed E-state index contributed by atoms with van der Waals surface area (Å²) >= 11 is 3.39. The molecule has 0 saturated heterocycles. The molecule has 2 heterocycles. The monoisotopic (exact) mass is 268 g/mol. The van der Waals surface area contributed by atoms with Crippen LogP contribution in [0.4, 0.5) is 0 Å². The van der Waals surface area contributed by atoms with Crippen molar-refractivity contribution in [3.8, 4) is 0 Å². The highest BCUT2D eigenvalue weighted by molar-refractivity contribution is 9.10. The highest BCUT2D eigenvalue weighted by Crippen LogP contribution is 2.18. The first-order valence-corrected chi connectivity index (χ1v) is 5.70. The molecule has 0 fully saturated rings. The second kappa shape index (κ2) is 4.28. The molecular formula is C10H13BrN4. The van der Waals surface area contributed by atoms with E-state index in [1.807, 2.05) is 13.0 Å². The van der Waals surface area contributed by atoms with Crippen LogP contribution in [0.1, 0.15) is 12.2 Å². The summed E-state index contributed by atoms with van der Waals surface area (Å²) in [7, 11) is 0. The molecule has 0 aliphatic carbocycles. The molecule has 0 bridgehead atoms. The number of halogens is 1. The largest absolute Gasteiger partial charge is 0.330 e. The smallest absolute Gasteiger partial charge is 0.160 e. The van der Waals surface area contributed by atoms with Gasteiger partial charge in [0.05, 0.1) is 0 Å². The molecule has 0 aromatic carbocycles. The molecule has 4 nitrogen and oxygen atoms in total. The summed E-state index contributed by atoms with van der Waals surface area (Å²) in [6.45, 7) is 3.56. The van der Waals surface area contributed by atoms with E-state index in [0.29, 0.717) is 6.54 Å². The van der Waals surface area contributed by atoms with E-state index in [1.165, 1.54) is 0 Å². The summed E-state index contributed by atoms with van der Waals surface area (Å²) in [4.78, 5) is 8.82. The molecule has 0 saturated carbocycles. The van der Waals surface area contributed by atoms with Gasteiger partial charge in [0.15, 0.2) is 5.65 Å². The van der Waals surface area contributed by atoms with Gasteiger partial charge in [-0.25, -0.2) is 9.97 Å². The second-order valence-electron chi connectivity index (χ2n) is 3.45. The van der Waals surface area contributed by atoms with Crippen molar-refractivity contribution in [2.75, 3.05) is 6.54 Å². The van der Waals surface area contributed by atoms with E-state index in [-0.39, 0.29) is 0 Å². The van der Waals surface area contributed by atoms with Gasteiger partial charge in [-0.15, -0.1) is 0 Å². The predicted molar refractivity (Wildman–Crippen MR) is 63.6 cm³/mol. The number of hydrogen-bond acceptors (Lipinski definition) is 3. The maximum atomic E-state index is 5.50.